The molecule has 2 aliphatic heterocycles. The summed E-state index contributed by atoms with van der Waals surface area (Å²) < 4.78 is 29.1. The van der Waals surface area contributed by atoms with Gasteiger partial charge in [-0.1, -0.05) is 23.7 Å². The highest BCUT2D eigenvalue weighted by Crippen LogP contribution is 2.31. The third-order valence-corrected chi connectivity index (χ3v) is 7.48. The van der Waals surface area contributed by atoms with Gasteiger partial charge in [-0.3, -0.25) is 9.69 Å². The first-order valence-electron chi connectivity index (χ1n) is 8.77. The highest BCUT2D eigenvalue weighted by Gasteiger charge is 2.35. The number of piperazine rings is 1. The first-order valence-corrected chi connectivity index (χ1v) is 11.0. The second kappa shape index (κ2) is 6.55. The molecule has 8 heteroatoms. The quantitative estimate of drug-likeness (QED) is 0.779. The summed E-state index contributed by atoms with van der Waals surface area (Å²) >= 11 is 6.17. The molecule has 2 aliphatic rings. The van der Waals surface area contributed by atoms with Crippen LogP contribution < -0.4 is 0 Å². The summed E-state index contributed by atoms with van der Waals surface area (Å²) in [5.41, 5.74) is 1.35. The van der Waals surface area contributed by atoms with Crippen LogP contribution in [0, 0.1) is 6.92 Å². The molecular weight excluding hydrogens is 376 g/mol. The third kappa shape index (κ3) is 3.12. The molecule has 2 aromatic rings. The lowest BCUT2D eigenvalue weighted by atomic mass is 10.1. The Balaban J connectivity index is 1.47. The van der Waals surface area contributed by atoms with Crippen LogP contribution in [0.25, 0.3) is 11.0 Å². The average molecular weight is 397 g/mol. The van der Waals surface area contributed by atoms with Gasteiger partial charge in [-0.2, -0.15) is 0 Å². The predicted octanol–water partition coefficient (Wildman–Crippen LogP) is 2.34. The van der Waals surface area contributed by atoms with Crippen LogP contribution in [0.4, 0.5) is 0 Å². The van der Waals surface area contributed by atoms with Gasteiger partial charge < -0.3 is 9.32 Å². The second-order valence-electron chi connectivity index (χ2n) is 7.06. The summed E-state index contributed by atoms with van der Waals surface area (Å²) in [4.78, 5) is 16.9. The lowest BCUT2D eigenvalue weighted by Crippen LogP contribution is -2.52. The predicted molar refractivity (Wildman–Crippen MR) is 100 cm³/mol. The van der Waals surface area contributed by atoms with Crippen LogP contribution in [0.2, 0.25) is 5.02 Å². The maximum atomic E-state index is 12.9. The Bertz CT molecular complexity index is 961. The molecule has 1 amide bonds. The van der Waals surface area contributed by atoms with Crippen LogP contribution in [0.5, 0.6) is 0 Å². The fourth-order valence-corrected chi connectivity index (χ4v) is 5.88. The monoisotopic (exact) mass is 396 g/mol. The van der Waals surface area contributed by atoms with E-state index in [1.165, 1.54) is 0 Å². The minimum absolute atomic E-state index is 0.0870. The van der Waals surface area contributed by atoms with Crippen molar-refractivity contribution in [3.8, 4) is 0 Å². The lowest BCUT2D eigenvalue weighted by Gasteiger charge is -2.37. The summed E-state index contributed by atoms with van der Waals surface area (Å²) in [6.45, 7) is 4.38. The third-order valence-electron chi connectivity index (χ3n) is 5.44. The minimum atomic E-state index is -2.89. The van der Waals surface area contributed by atoms with Gasteiger partial charge >= 0.3 is 0 Å². The van der Waals surface area contributed by atoms with E-state index in [4.69, 9.17) is 16.0 Å². The van der Waals surface area contributed by atoms with Crippen LogP contribution in [-0.4, -0.2) is 67.9 Å². The zero-order chi connectivity index (χ0) is 18.5. The van der Waals surface area contributed by atoms with E-state index in [0.717, 1.165) is 10.9 Å². The smallest absolute Gasteiger partial charge is 0.289 e. The van der Waals surface area contributed by atoms with Gasteiger partial charge in [-0.05, 0) is 19.4 Å². The number of nitrogens with zero attached hydrogens (tertiary/aromatic N) is 2. The Kier molecular flexibility index (Phi) is 4.49. The Morgan fingerprint density at radius 1 is 1.23 bits per heavy atom. The number of fused-ring (bicyclic) bond motifs is 1. The SMILES string of the molecule is Cc1c(C(=O)N2CCN([C@@H]3CCS(=O)(=O)C3)CC2)oc2c(Cl)cccc12. The molecule has 26 heavy (non-hydrogen) atoms. The van der Waals surface area contributed by atoms with E-state index in [9.17, 15) is 13.2 Å². The van der Waals surface area contributed by atoms with E-state index >= 15 is 0 Å². The van der Waals surface area contributed by atoms with E-state index in [2.05, 4.69) is 4.90 Å². The Morgan fingerprint density at radius 2 is 1.96 bits per heavy atom. The van der Waals surface area contributed by atoms with Gasteiger partial charge in [0.05, 0.1) is 16.5 Å². The maximum Gasteiger partial charge on any atom is 0.289 e. The molecule has 0 unspecified atom stereocenters. The van der Waals surface area contributed by atoms with Crippen molar-refractivity contribution in [2.45, 2.75) is 19.4 Å². The Morgan fingerprint density at radius 3 is 2.58 bits per heavy atom. The largest absolute Gasteiger partial charge is 0.449 e. The zero-order valence-corrected chi connectivity index (χ0v) is 16.1. The molecule has 0 bridgehead atoms. The molecule has 0 aliphatic carbocycles. The Hall–Kier alpha value is -1.57. The summed E-state index contributed by atoms with van der Waals surface area (Å²) in [7, 11) is -2.89. The molecule has 0 spiro atoms. The second-order valence-corrected chi connectivity index (χ2v) is 9.69. The molecule has 0 N–H and O–H groups in total. The molecule has 2 saturated heterocycles. The number of amides is 1. The number of carbonyl (C=O) groups excluding carboxylic acids is 1. The lowest BCUT2D eigenvalue weighted by molar-refractivity contribution is 0.0560. The van der Waals surface area contributed by atoms with E-state index in [1.54, 1.807) is 11.0 Å². The van der Waals surface area contributed by atoms with Crippen LogP contribution in [0.3, 0.4) is 0 Å². The van der Waals surface area contributed by atoms with Gasteiger partial charge in [0.2, 0.25) is 0 Å². The van der Waals surface area contributed by atoms with E-state index < -0.39 is 9.84 Å². The van der Waals surface area contributed by atoms with Crippen molar-refractivity contribution >= 4 is 38.3 Å². The number of aryl methyl sites for hydroxylation is 1. The van der Waals surface area contributed by atoms with E-state index in [-0.39, 0.29) is 23.5 Å². The van der Waals surface area contributed by atoms with Gasteiger partial charge in [0.1, 0.15) is 0 Å². The number of para-hydroxylation sites is 1. The average Bonchev–Trinajstić information content (AvgIpc) is 3.16. The van der Waals surface area contributed by atoms with Crippen LogP contribution >= 0.6 is 11.6 Å². The van der Waals surface area contributed by atoms with E-state index in [0.29, 0.717) is 49.0 Å². The number of benzene rings is 1. The molecule has 4 rings (SSSR count). The number of furan rings is 1. The first kappa shape index (κ1) is 17.8. The summed E-state index contributed by atoms with van der Waals surface area (Å²) in [6.07, 6.45) is 0.692. The molecule has 6 nitrogen and oxygen atoms in total. The Labute approximate surface area is 157 Å². The van der Waals surface area contributed by atoms with Crippen molar-refractivity contribution in [3.63, 3.8) is 0 Å². The molecule has 1 aromatic carbocycles. The summed E-state index contributed by atoms with van der Waals surface area (Å²) in [6, 6.07) is 5.57. The van der Waals surface area contributed by atoms with Gasteiger partial charge in [-0.15, -0.1) is 0 Å². The van der Waals surface area contributed by atoms with Crippen molar-refractivity contribution in [3.05, 3.63) is 34.5 Å². The number of halogens is 1. The number of hydrogen-bond donors (Lipinski definition) is 0. The molecule has 0 radical (unpaired) electrons. The zero-order valence-electron chi connectivity index (χ0n) is 14.6. The number of hydrogen-bond acceptors (Lipinski definition) is 5. The summed E-state index contributed by atoms with van der Waals surface area (Å²) in [5, 5.41) is 1.35. The van der Waals surface area contributed by atoms with Crippen molar-refractivity contribution in [1.29, 1.82) is 0 Å². The van der Waals surface area contributed by atoms with E-state index in [1.807, 2.05) is 19.1 Å². The number of sulfone groups is 1. The van der Waals surface area contributed by atoms with Crippen LogP contribution in [0.1, 0.15) is 22.5 Å². The molecule has 1 atom stereocenters. The molecule has 0 saturated carbocycles. The van der Waals surface area contributed by atoms with Gasteiger partial charge in [0.25, 0.3) is 5.91 Å². The van der Waals surface area contributed by atoms with Gasteiger partial charge in [0.15, 0.2) is 21.2 Å². The fourth-order valence-electron chi connectivity index (χ4n) is 3.91. The highest BCUT2D eigenvalue weighted by atomic mass is 35.5. The topological polar surface area (TPSA) is 70.8 Å². The molecule has 1 aromatic heterocycles. The first-order chi connectivity index (χ1) is 12.4. The fraction of sp³-hybridized carbons (Fsp3) is 0.500. The van der Waals surface area contributed by atoms with Gasteiger partial charge in [0, 0.05) is 43.2 Å². The molecule has 140 valence electrons. The molecule has 2 fully saturated rings. The van der Waals surface area contributed by atoms with Gasteiger partial charge in [-0.25, -0.2) is 8.42 Å². The number of carbonyl (C=O) groups is 1. The standard InChI is InChI=1S/C18H21ClN2O4S/c1-12-14-3-2-4-15(19)17(14)25-16(12)18(22)21-8-6-20(7-9-21)13-5-10-26(23,24)11-13/h2-4,13H,5-11H2,1H3/t13-/m1/s1. The maximum absolute atomic E-state index is 12.9. The summed E-state index contributed by atoms with van der Waals surface area (Å²) in [5.74, 6) is 0.719. The van der Waals surface area contributed by atoms with Crippen LogP contribution in [0.15, 0.2) is 22.6 Å². The molecular formula is C18H21ClN2O4S. The highest BCUT2D eigenvalue weighted by molar-refractivity contribution is 7.91. The van der Waals surface area contributed by atoms with Crippen molar-refractivity contribution in [1.82, 2.24) is 9.80 Å². The number of rotatable bonds is 2. The minimum Gasteiger partial charge on any atom is -0.449 e. The van der Waals surface area contributed by atoms with Crippen molar-refractivity contribution < 1.29 is 17.6 Å². The molecule has 3 heterocycles. The van der Waals surface area contributed by atoms with Crippen molar-refractivity contribution in [2.24, 2.45) is 0 Å². The van der Waals surface area contributed by atoms with Crippen molar-refractivity contribution in [2.75, 3.05) is 37.7 Å². The normalized spacial score (nSPS) is 23.6. The van der Waals surface area contributed by atoms with Crippen LogP contribution in [-0.2, 0) is 9.84 Å².